The Balaban J connectivity index is 1.66. The summed E-state index contributed by atoms with van der Waals surface area (Å²) in [6, 6.07) is 11.3. The molecule has 0 aliphatic carbocycles. The Hall–Kier alpha value is -1.22. The molecule has 0 fully saturated rings. The van der Waals surface area contributed by atoms with E-state index in [0.29, 0.717) is 10.0 Å². The van der Waals surface area contributed by atoms with Crippen LogP contribution in [0.25, 0.3) is 11.0 Å². The van der Waals surface area contributed by atoms with Gasteiger partial charge in [0, 0.05) is 21.5 Å². The molecule has 0 aliphatic rings. The second-order valence-electron chi connectivity index (χ2n) is 4.93. The Kier molecular flexibility index (Phi) is 4.39. The minimum absolute atomic E-state index is 0.665. The van der Waals surface area contributed by atoms with Crippen LogP contribution in [0.15, 0.2) is 36.4 Å². The zero-order valence-electron chi connectivity index (χ0n) is 11.2. The second-order valence-corrected chi connectivity index (χ2v) is 6.21. The Morgan fingerprint density at radius 1 is 0.905 bits per heavy atom. The predicted molar refractivity (Wildman–Crippen MR) is 89.6 cm³/mol. The van der Waals surface area contributed by atoms with Crippen LogP contribution in [0.4, 0.5) is 0 Å². The number of benzene rings is 2. The van der Waals surface area contributed by atoms with Crippen molar-refractivity contribution in [2.45, 2.75) is 19.3 Å². The van der Waals surface area contributed by atoms with E-state index in [1.165, 1.54) is 0 Å². The van der Waals surface area contributed by atoms with Crippen LogP contribution in [-0.4, -0.2) is 9.97 Å². The van der Waals surface area contributed by atoms with Gasteiger partial charge < -0.3 is 4.98 Å². The maximum Gasteiger partial charge on any atom is 0.107 e. The summed E-state index contributed by atoms with van der Waals surface area (Å²) in [4.78, 5) is 7.85. The third-order valence-corrected chi connectivity index (χ3v) is 4.19. The summed E-state index contributed by atoms with van der Waals surface area (Å²) in [6.07, 6.45) is 2.73. The molecule has 3 aromatic rings. The molecule has 0 amide bonds. The van der Waals surface area contributed by atoms with Gasteiger partial charge >= 0.3 is 0 Å². The molecule has 5 heteroatoms. The Morgan fingerprint density at radius 3 is 2.48 bits per heavy atom. The molecule has 1 heterocycles. The van der Waals surface area contributed by atoms with Gasteiger partial charge in [-0.2, -0.15) is 0 Å². The Morgan fingerprint density at radius 2 is 1.67 bits per heavy atom. The van der Waals surface area contributed by atoms with Gasteiger partial charge in [-0.15, -0.1) is 0 Å². The minimum atomic E-state index is 0.665. The second kappa shape index (κ2) is 6.27. The average Bonchev–Trinajstić information content (AvgIpc) is 2.83. The number of rotatable bonds is 4. The molecule has 0 radical (unpaired) electrons. The highest BCUT2D eigenvalue weighted by Gasteiger charge is 2.05. The van der Waals surface area contributed by atoms with E-state index in [9.17, 15) is 0 Å². The molecule has 2 nitrogen and oxygen atoms in total. The number of hydrogen-bond acceptors (Lipinski definition) is 1. The maximum absolute atomic E-state index is 6.17. The van der Waals surface area contributed by atoms with Crippen LogP contribution in [0.1, 0.15) is 17.8 Å². The molecule has 0 unspecified atom stereocenters. The van der Waals surface area contributed by atoms with E-state index in [1.807, 2.05) is 30.3 Å². The van der Waals surface area contributed by atoms with Crippen LogP contribution < -0.4 is 0 Å². The van der Waals surface area contributed by atoms with E-state index in [0.717, 1.165) is 46.7 Å². The van der Waals surface area contributed by atoms with E-state index in [1.54, 1.807) is 6.07 Å². The van der Waals surface area contributed by atoms with Crippen molar-refractivity contribution in [2.24, 2.45) is 0 Å². The first-order valence-electron chi connectivity index (χ1n) is 6.70. The topological polar surface area (TPSA) is 28.7 Å². The van der Waals surface area contributed by atoms with Crippen LogP contribution in [0.2, 0.25) is 15.1 Å². The fourth-order valence-electron chi connectivity index (χ4n) is 2.32. The van der Waals surface area contributed by atoms with E-state index in [-0.39, 0.29) is 0 Å². The summed E-state index contributed by atoms with van der Waals surface area (Å²) >= 11 is 18.0. The number of aromatic nitrogens is 2. The zero-order valence-corrected chi connectivity index (χ0v) is 13.4. The molecule has 0 aliphatic heterocycles. The van der Waals surface area contributed by atoms with E-state index in [2.05, 4.69) is 9.97 Å². The lowest BCUT2D eigenvalue weighted by molar-refractivity contribution is 0.786. The number of hydrogen-bond donors (Lipinski definition) is 1. The fourth-order valence-corrected chi connectivity index (χ4v) is 3.00. The number of nitrogens with one attached hydrogen (secondary N) is 1. The minimum Gasteiger partial charge on any atom is -0.342 e. The summed E-state index contributed by atoms with van der Waals surface area (Å²) in [5, 5.41) is 2.10. The third-order valence-electron chi connectivity index (χ3n) is 3.37. The van der Waals surface area contributed by atoms with Crippen LogP contribution in [0.5, 0.6) is 0 Å². The molecule has 0 spiro atoms. The van der Waals surface area contributed by atoms with Gasteiger partial charge in [-0.05, 0) is 48.7 Å². The standard InChI is InChI=1S/C16H13Cl3N2/c17-11-5-4-10(13(19)8-11)2-1-3-16-20-14-7-6-12(18)9-15(14)21-16/h4-9H,1-3H2,(H,20,21). The molecule has 0 bridgehead atoms. The highest BCUT2D eigenvalue weighted by atomic mass is 35.5. The van der Waals surface area contributed by atoms with Crippen molar-refractivity contribution in [3.63, 3.8) is 0 Å². The Bertz CT molecular complexity index is 780. The van der Waals surface area contributed by atoms with Crippen molar-refractivity contribution in [1.29, 1.82) is 0 Å². The van der Waals surface area contributed by atoms with Crippen molar-refractivity contribution in [2.75, 3.05) is 0 Å². The average molecular weight is 340 g/mol. The summed E-state index contributed by atoms with van der Waals surface area (Å²) in [7, 11) is 0. The first-order chi connectivity index (χ1) is 10.1. The maximum atomic E-state index is 6.17. The number of imidazole rings is 1. The number of halogens is 3. The predicted octanol–water partition coefficient (Wildman–Crippen LogP) is 5.70. The molecule has 1 N–H and O–H groups in total. The molecule has 21 heavy (non-hydrogen) atoms. The number of H-pyrrole nitrogens is 1. The number of aryl methyl sites for hydroxylation is 2. The van der Waals surface area contributed by atoms with Crippen molar-refractivity contribution in [3.05, 3.63) is 62.9 Å². The first-order valence-corrected chi connectivity index (χ1v) is 7.83. The molecular weight excluding hydrogens is 327 g/mol. The smallest absolute Gasteiger partial charge is 0.107 e. The number of fused-ring (bicyclic) bond motifs is 1. The van der Waals surface area contributed by atoms with Crippen molar-refractivity contribution >= 4 is 45.8 Å². The molecule has 0 atom stereocenters. The summed E-state index contributed by atoms with van der Waals surface area (Å²) < 4.78 is 0. The Labute approximate surface area is 138 Å². The molecule has 108 valence electrons. The van der Waals surface area contributed by atoms with Crippen molar-refractivity contribution in [3.8, 4) is 0 Å². The molecule has 0 saturated heterocycles. The summed E-state index contributed by atoms with van der Waals surface area (Å²) in [5.74, 6) is 0.970. The largest absolute Gasteiger partial charge is 0.342 e. The quantitative estimate of drug-likeness (QED) is 0.649. The van der Waals surface area contributed by atoms with Gasteiger partial charge in [0.1, 0.15) is 5.82 Å². The number of aromatic amines is 1. The van der Waals surface area contributed by atoms with Gasteiger partial charge in [0.2, 0.25) is 0 Å². The molecule has 3 rings (SSSR count). The highest BCUT2D eigenvalue weighted by molar-refractivity contribution is 6.35. The molecule has 2 aromatic carbocycles. The van der Waals surface area contributed by atoms with Gasteiger partial charge in [0.25, 0.3) is 0 Å². The van der Waals surface area contributed by atoms with Gasteiger partial charge in [0.05, 0.1) is 11.0 Å². The van der Waals surface area contributed by atoms with Gasteiger partial charge in [-0.3, -0.25) is 0 Å². The van der Waals surface area contributed by atoms with E-state index in [4.69, 9.17) is 34.8 Å². The fraction of sp³-hybridized carbons (Fsp3) is 0.188. The monoisotopic (exact) mass is 338 g/mol. The normalized spacial score (nSPS) is 11.2. The van der Waals surface area contributed by atoms with Gasteiger partial charge in [-0.25, -0.2) is 4.98 Å². The lowest BCUT2D eigenvalue weighted by Gasteiger charge is -2.03. The summed E-state index contributed by atoms with van der Waals surface area (Å²) in [5.41, 5.74) is 3.03. The van der Waals surface area contributed by atoms with Crippen molar-refractivity contribution in [1.82, 2.24) is 9.97 Å². The van der Waals surface area contributed by atoms with Gasteiger partial charge in [-0.1, -0.05) is 40.9 Å². The lowest BCUT2D eigenvalue weighted by Crippen LogP contribution is -1.93. The third kappa shape index (κ3) is 3.52. The highest BCUT2D eigenvalue weighted by Crippen LogP contribution is 2.23. The van der Waals surface area contributed by atoms with Crippen LogP contribution in [0, 0.1) is 0 Å². The van der Waals surface area contributed by atoms with E-state index >= 15 is 0 Å². The molecule has 1 aromatic heterocycles. The first kappa shape index (κ1) is 14.7. The SMILES string of the molecule is Clc1ccc(CCCc2nc3ccc(Cl)cc3[nH]2)c(Cl)c1. The lowest BCUT2D eigenvalue weighted by atomic mass is 10.1. The summed E-state index contributed by atoms with van der Waals surface area (Å²) in [6.45, 7) is 0. The van der Waals surface area contributed by atoms with E-state index < -0.39 is 0 Å². The van der Waals surface area contributed by atoms with Crippen LogP contribution in [0.3, 0.4) is 0 Å². The zero-order chi connectivity index (χ0) is 14.8. The van der Waals surface area contributed by atoms with Crippen LogP contribution in [-0.2, 0) is 12.8 Å². The number of nitrogens with zero attached hydrogens (tertiary/aromatic N) is 1. The molecule has 0 saturated carbocycles. The van der Waals surface area contributed by atoms with Crippen LogP contribution >= 0.6 is 34.8 Å². The van der Waals surface area contributed by atoms with Crippen molar-refractivity contribution < 1.29 is 0 Å². The molecular formula is C16H13Cl3N2. The van der Waals surface area contributed by atoms with Gasteiger partial charge in [0.15, 0.2) is 0 Å².